The van der Waals surface area contributed by atoms with E-state index in [0.29, 0.717) is 0 Å². The standard InChI is InChI=1S/C14H19NO4S/c1-11-6-8-13(9-7-11)20(18,19)15(10-14(16)17)12-4-2-3-5-12/h6-9,12H,2-5,10H2,1H3,(H,16,17). The second-order valence-electron chi connectivity index (χ2n) is 5.20. The fourth-order valence-electron chi connectivity index (χ4n) is 2.58. The highest BCUT2D eigenvalue weighted by Gasteiger charge is 2.34. The molecule has 6 heteroatoms. The Morgan fingerprint density at radius 3 is 2.30 bits per heavy atom. The van der Waals surface area contributed by atoms with E-state index >= 15 is 0 Å². The number of benzene rings is 1. The van der Waals surface area contributed by atoms with Crippen LogP contribution in [0.5, 0.6) is 0 Å². The summed E-state index contributed by atoms with van der Waals surface area (Å²) in [6.07, 6.45) is 3.37. The van der Waals surface area contributed by atoms with E-state index < -0.39 is 22.5 Å². The van der Waals surface area contributed by atoms with Crippen LogP contribution < -0.4 is 0 Å². The molecule has 0 heterocycles. The van der Waals surface area contributed by atoms with Gasteiger partial charge in [-0.3, -0.25) is 4.79 Å². The molecule has 1 fully saturated rings. The van der Waals surface area contributed by atoms with E-state index in [4.69, 9.17) is 5.11 Å². The molecule has 0 bridgehead atoms. The van der Waals surface area contributed by atoms with Gasteiger partial charge in [-0.05, 0) is 31.9 Å². The number of aryl methyl sites for hydroxylation is 1. The monoisotopic (exact) mass is 297 g/mol. The van der Waals surface area contributed by atoms with Crippen molar-refractivity contribution in [2.75, 3.05) is 6.54 Å². The van der Waals surface area contributed by atoms with Crippen LogP contribution in [0.2, 0.25) is 0 Å². The maximum absolute atomic E-state index is 12.6. The third kappa shape index (κ3) is 3.19. The Hall–Kier alpha value is -1.40. The van der Waals surface area contributed by atoms with Gasteiger partial charge in [-0.25, -0.2) is 8.42 Å². The highest BCUT2D eigenvalue weighted by molar-refractivity contribution is 7.89. The van der Waals surface area contributed by atoms with Gasteiger partial charge < -0.3 is 5.11 Å². The van der Waals surface area contributed by atoms with Gasteiger partial charge in [-0.1, -0.05) is 30.5 Å². The van der Waals surface area contributed by atoms with Crippen molar-refractivity contribution in [1.29, 1.82) is 0 Å². The molecule has 0 unspecified atom stereocenters. The quantitative estimate of drug-likeness (QED) is 0.902. The fourth-order valence-corrected chi connectivity index (χ4v) is 4.22. The van der Waals surface area contributed by atoms with E-state index in [-0.39, 0.29) is 10.9 Å². The lowest BCUT2D eigenvalue weighted by Crippen LogP contribution is -2.42. The average Bonchev–Trinajstić information content (AvgIpc) is 2.89. The summed E-state index contributed by atoms with van der Waals surface area (Å²) in [5.74, 6) is -1.12. The zero-order valence-corrected chi connectivity index (χ0v) is 12.3. The molecule has 1 aromatic rings. The Morgan fingerprint density at radius 1 is 1.25 bits per heavy atom. The Balaban J connectivity index is 2.34. The Morgan fingerprint density at radius 2 is 1.80 bits per heavy atom. The molecule has 1 aromatic carbocycles. The van der Waals surface area contributed by atoms with Crippen molar-refractivity contribution in [3.8, 4) is 0 Å². The molecule has 2 rings (SSSR count). The summed E-state index contributed by atoms with van der Waals surface area (Å²) in [5.41, 5.74) is 0.967. The van der Waals surface area contributed by atoms with E-state index in [2.05, 4.69) is 0 Å². The molecule has 1 aliphatic rings. The van der Waals surface area contributed by atoms with E-state index in [1.165, 1.54) is 12.1 Å². The number of hydrogen-bond donors (Lipinski definition) is 1. The molecular formula is C14H19NO4S. The summed E-state index contributed by atoms with van der Waals surface area (Å²) in [6.45, 7) is 1.41. The van der Waals surface area contributed by atoms with Crippen LogP contribution in [0.25, 0.3) is 0 Å². The predicted octanol–water partition coefficient (Wildman–Crippen LogP) is 2.01. The number of carboxylic acid groups (broad SMARTS) is 1. The summed E-state index contributed by atoms with van der Waals surface area (Å²) in [5, 5.41) is 8.99. The molecule has 5 nitrogen and oxygen atoms in total. The Labute approximate surface area is 119 Å². The molecule has 1 aliphatic carbocycles. The van der Waals surface area contributed by atoms with Crippen LogP contribution in [-0.2, 0) is 14.8 Å². The van der Waals surface area contributed by atoms with Crippen molar-refractivity contribution in [2.24, 2.45) is 0 Å². The van der Waals surface area contributed by atoms with E-state index in [1.807, 2.05) is 6.92 Å². The number of aliphatic carboxylic acids is 1. The van der Waals surface area contributed by atoms with Crippen molar-refractivity contribution < 1.29 is 18.3 Å². The van der Waals surface area contributed by atoms with Gasteiger partial charge in [0.15, 0.2) is 0 Å². The summed E-state index contributed by atoms with van der Waals surface area (Å²) in [7, 11) is -3.74. The summed E-state index contributed by atoms with van der Waals surface area (Å²) in [6, 6.07) is 6.32. The topological polar surface area (TPSA) is 74.7 Å². The fraction of sp³-hybridized carbons (Fsp3) is 0.500. The van der Waals surface area contributed by atoms with Gasteiger partial charge in [0, 0.05) is 6.04 Å². The van der Waals surface area contributed by atoms with Crippen LogP contribution in [0, 0.1) is 6.92 Å². The van der Waals surface area contributed by atoms with E-state index in [9.17, 15) is 13.2 Å². The molecule has 0 atom stereocenters. The smallest absolute Gasteiger partial charge is 0.318 e. The third-order valence-corrected chi connectivity index (χ3v) is 5.56. The molecule has 0 amide bonds. The second-order valence-corrected chi connectivity index (χ2v) is 7.09. The van der Waals surface area contributed by atoms with Gasteiger partial charge in [-0.15, -0.1) is 0 Å². The molecule has 20 heavy (non-hydrogen) atoms. The first-order chi connectivity index (χ1) is 9.41. The molecule has 0 aromatic heterocycles. The van der Waals surface area contributed by atoms with Crippen molar-refractivity contribution in [3.63, 3.8) is 0 Å². The van der Waals surface area contributed by atoms with Crippen LogP contribution in [0.1, 0.15) is 31.2 Å². The van der Waals surface area contributed by atoms with Crippen molar-refractivity contribution in [1.82, 2.24) is 4.31 Å². The number of carboxylic acids is 1. The van der Waals surface area contributed by atoms with Gasteiger partial charge in [0.25, 0.3) is 0 Å². The molecule has 1 saturated carbocycles. The minimum Gasteiger partial charge on any atom is -0.480 e. The van der Waals surface area contributed by atoms with Crippen LogP contribution in [0.15, 0.2) is 29.2 Å². The van der Waals surface area contributed by atoms with E-state index in [1.54, 1.807) is 12.1 Å². The minimum atomic E-state index is -3.74. The van der Waals surface area contributed by atoms with E-state index in [0.717, 1.165) is 35.6 Å². The lowest BCUT2D eigenvalue weighted by Gasteiger charge is -2.26. The lowest BCUT2D eigenvalue weighted by atomic mass is 10.2. The molecule has 1 N–H and O–H groups in total. The number of hydrogen-bond acceptors (Lipinski definition) is 3. The number of nitrogens with zero attached hydrogens (tertiary/aromatic N) is 1. The predicted molar refractivity (Wildman–Crippen MR) is 75.0 cm³/mol. The van der Waals surface area contributed by atoms with Gasteiger partial charge in [0.05, 0.1) is 4.90 Å². The molecule has 0 saturated heterocycles. The maximum atomic E-state index is 12.6. The second kappa shape index (κ2) is 5.93. The minimum absolute atomic E-state index is 0.163. The first kappa shape index (κ1) is 15.0. The van der Waals surface area contributed by atoms with Gasteiger partial charge in [0.1, 0.15) is 6.54 Å². The first-order valence-electron chi connectivity index (χ1n) is 6.71. The number of sulfonamides is 1. The van der Waals surface area contributed by atoms with Crippen molar-refractivity contribution >= 4 is 16.0 Å². The zero-order chi connectivity index (χ0) is 14.8. The molecule has 0 spiro atoms. The highest BCUT2D eigenvalue weighted by Crippen LogP contribution is 2.28. The normalized spacial score (nSPS) is 16.7. The average molecular weight is 297 g/mol. The maximum Gasteiger partial charge on any atom is 0.318 e. The zero-order valence-electron chi connectivity index (χ0n) is 11.4. The Bertz CT molecular complexity index is 574. The lowest BCUT2D eigenvalue weighted by molar-refractivity contribution is -0.137. The van der Waals surface area contributed by atoms with Gasteiger partial charge in [-0.2, -0.15) is 4.31 Å². The highest BCUT2D eigenvalue weighted by atomic mass is 32.2. The summed E-state index contributed by atoms with van der Waals surface area (Å²) >= 11 is 0. The first-order valence-corrected chi connectivity index (χ1v) is 8.15. The number of carbonyl (C=O) groups is 1. The largest absolute Gasteiger partial charge is 0.480 e. The SMILES string of the molecule is Cc1ccc(S(=O)(=O)N(CC(=O)O)C2CCCC2)cc1. The molecule has 0 radical (unpaired) electrons. The molecule has 110 valence electrons. The van der Waals surface area contributed by atoms with Gasteiger partial charge >= 0.3 is 5.97 Å². The van der Waals surface area contributed by atoms with Gasteiger partial charge in [0.2, 0.25) is 10.0 Å². The Kier molecular flexibility index (Phi) is 4.45. The number of rotatable bonds is 5. The van der Waals surface area contributed by atoms with Crippen LogP contribution >= 0.6 is 0 Å². The summed E-state index contributed by atoms with van der Waals surface area (Å²) in [4.78, 5) is 11.2. The van der Waals surface area contributed by atoms with Crippen LogP contribution in [0.3, 0.4) is 0 Å². The van der Waals surface area contributed by atoms with Crippen molar-refractivity contribution in [2.45, 2.75) is 43.5 Å². The molecular weight excluding hydrogens is 278 g/mol. The third-order valence-electron chi connectivity index (χ3n) is 3.65. The van der Waals surface area contributed by atoms with Crippen molar-refractivity contribution in [3.05, 3.63) is 29.8 Å². The summed E-state index contributed by atoms with van der Waals surface area (Å²) < 4.78 is 26.4. The van der Waals surface area contributed by atoms with Crippen LogP contribution in [-0.4, -0.2) is 36.4 Å². The van der Waals surface area contributed by atoms with Crippen LogP contribution in [0.4, 0.5) is 0 Å². The molecule has 0 aliphatic heterocycles.